The lowest BCUT2D eigenvalue weighted by Gasteiger charge is -2.09. The van der Waals surface area contributed by atoms with Crippen molar-refractivity contribution in [2.75, 3.05) is 11.5 Å². The van der Waals surface area contributed by atoms with Crippen LogP contribution in [-0.4, -0.2) is 5.75 Å². The maximum atomic E-state index is 6.05. The summed E-state index contributed by atoms with van der Waals surface area (Å²) in [6, 6.07) is 3.69. The molecule has 0 saturated heterocycles. The third-order valence-corrected chi connectivity index (χ3v) is 4.00. The van der Waals surface area contributed by atoms with Gasteiger partial charge in [-0.3, -0.25) is 0 Å². The highest BCUT2D eigenvalue weighted by atomic mass is 35.5. The molecule has 0 amide bonds. The number of halogens is 2. The van der Waals surface area contributed by atoms with E-state index in [1.165, 1.54) is 0 Å². The van der Waals surface area contributed by atoms with Gasteiger partial charge in [-0.1, -0.05) is 37.0 Å². The van der Waals surface area contributed by atoms with Gasteiger partial charge < -0.3 is 5.73 Å². The molecule has 0 unspecified atom stereocenters. The molecule has 0 bridgehead atoms. The summed E-state index contributed by atoms with van der Waals surface area (Å²) in [5.41, 5.74) is 6.19. The average molecular weight is 250 g/mol. The number of hydrogen-bond donors (Lipinski definition) is 1. The Labute approximate surface area is 99.0 Å². The molecule has 0 aliphatic heterocycles. The van der Waals surface area contributed by atoms with Crippen molar-refractivity contribution in [2.24, 2.45) is 5.92 Å². The fourth-order valence-electron chi connectivity index (χ4n) is 0.917. The summed E-state index contributed by atoms with van der Waals surface area (Å²) in [6.45, 7) is 4.33. The van der Waals surface area contributed by atoms with Crippen molar-refractivity contribution in [1.29, 1.82) is 0 Å². The zero-order valence-corrected chi connectivity index (χ0v) is 10.5. The molecule has 2 N–H and O–H groups in total. The van der Waals surface area contributed by atoms with E-state index in [4.69, 9.17) is 28.9 Å². The Hall–Kier alpha value is -0.0500. The van der Waals surface area contributed by atoms with Crippen LogP contribution in [0.3, 0.4) is 0 Å². The Balaban J connectivity index is 2.83. The first-order valence-corrected chi connectivity index (χ1v) is 6.12. The molecule has 1 aromatic rings. The van der Waals surface area contributed by atoms with Crippen molar-refractivity contribution in [3.63, 3.8) is 0 Å². The number of nitrogen functional groups attached to an aromatic ring is 1. The van der Waals surface area contributed by atoms with E-state index in [0.29, 0.717) is 21.7 Å². The number of anilines is 1. The molecule has 1 aromatic carbocycles. The molecule has 1 nitrogen and oxygen atoms in total. The average Bonchev–Trinajstić information content (AvgIpc) is 2.13. The topological polar surface area (TPSA) is 26.0 Å². The number of hydrogen-bond acceptors (Lipinski definition) is 2. The van der Waals surface area contributed by atoms with E-state index in [0.717, 1.165) is 10.6 Å². The van der Waals surface area contributed by atoms with E-state index in [1.54, 1.807) is 17.8 Å². The highest BCUT2D eigenvalue weighted by Crippen LogP contribution is 2.36. The van der Waals surface area contributed by atoms with Gasteiger partial charge >= 0.3 is 0 Å². The Morgan fingerprint density at radius 2 is 2.00 bits per heavy atom. The Kier molecular flexibility index (Phi) is 4.42. The second kappa shape index (κ2) is 5.15. The monoisotopic (exact) mass is 249 g/mol. The van der Waals surface area contributed by atoms with Crippen LogP contribution in [0.5, 0.6) is 0 Å². The first-order chi connectivity index (χ1) is 6.52. The zero-order chi connectivity index (χ0) is 10.7. The lowest BCUT2D eigenvalue weighted by molar-refractivity contribution is 0.750. The minimum absolute atomic E-state index is 0.474. The minimum Gasteiger partial charge on any atom is -0.396 e. The molecule has 14 heavy (non-hydrogen) atoms. The van der Waals surface area contributed by atoms with Crippen molar-refractivity contribution < 1.29 is 0 Å². The molecule has 0 aliphatic carbocycles. The molecule has 0 spiro atoms. The SMILES string of the molecule is CC(C)CSc1ccc(Cl)c(N)c1Cl. The van der Waals surface area contributed by atoms with Gasteiger partial charge in [-0.25, -0.2) is 0 Å². The maximum absolute atomic E-state index is 6.05. The standard InChI is InChI=1S/C10H13Cl2NS/c1-6(2)5-14-8-4-3-7(11)10(13)9(8)12/h3-4,6H,5,13H2,1-2H3. The lowest BCUT2D eigenvalue weighted by atomic mass is 10.3. The molecule has 0 heterocycles. The van der Waals surface area contributed by atoms with E-state index in [1.807, 2.05) is 6.07 Å². The highest BCUT2D eigenvalue weighted by Gasteiger charge is 2.08. The minimum atomic E-state index is 0.474. The fourth-order valence-corrected chi connectivity index (χ4v) is 2.37. The van der Waals surface area contributed by atoms with Gasteiger partial charge in [0.2, 0.25) is 0 Å². The van der Waals surface area contributed by atoms with Crippen LogP contribution >= 0.6 is 35.0 Å². The molecular weight excluding hydrogens is 237 g/mol. The Morgan fingerprint density at radius 1 is 1.36 bits per heavy atom. The smallest absolute Gasteiger partial charge is 0.0786 e. The quantitative estimate of drug-likeness (QED) is 0.638. The third-order valence-electron chi connectivity index (χ3n) is 1.66. The largest absolute Gasteiger partial charge is 0.396 e. The summed E-state index contributed by atoms with van der Waals surface area (Å²) in [4.78, 5) is 1.00. The van der Waals surface area contributed by atoms with Gasteiger partial charge in [0.25, 0.3) is 0 Å². The van der Waals surface area contributed by atoms with Gasteiger partial charge in [-0.15, -0.1) is 11.8 Å². The fraction of sp³-hybridized carbons (Fsp3) is 0.400. The summed E-state index contributed by atoms with van der Waals surface area (Å²) in [5.74, 6) is 1.66. The molecule has 0 fully saturated rings. The van der Waals surface area contributed by atoms with Crippen LogP contribution < -0.4 is 5.73 Å². The highest BCUT2D eigenvalue weighted by molar-refractivity contribution is 7.99. The summed E-state index contributed by atoms with van der Waals surface area (Å²) >= 11 is 13.6. The van der Waals surface area contributed by atoms with Crippen molar-refractivity contribution in [3.05, 3.63) is 22.2 Å². The van der Waals surface area contributed by atoms with Gasteiger partial charge in [0.15, 0.2) is 0 Å². The summed E-state index contributed by atoms with van der Waals surface area (Å²) < 4.78 is 0. The second-order valence-corrected chi connectivity index (χ2v) is 5.33. The van der Waals surface area contributed by atoms with Gasteiger partial charge in [0.05, 0.1) is 15.7 Å². The van der Waals surface area contributed by atoms with E-state index >= 15 is 0 Å². The van der Waals surface area contributed by atoms with Crippen LogP contribution in [0.2, 0.25) is 10.0 Å². The van der Waals surface area contributed by atoms with Crippen molar-refractivity contribution in [2.45, 2.75) is 18.7 Å². The Bertz CT molecular complexity index is 326. The molecular formula is C10H13Cl2NS. The predicted molar refractivity (Wildman–Crippen MR) is 66.4 cm³/mol. The van der Waals surface area contributed by atoms with Crippen molar-refractivity contribution >= 4 is 40.7 Å². The van der Waals surface area contributed by atoms with Crippen LogP contribution in [0, 0.1) is 5.92 Å². The molecule has 1 rings (SSSR count). The Morgan fingerprint density at radius 3 is 2.57 bits per heavy atom. The normalized spacial score (nSPS) is 10.9. The van der Waals surface area contributed by atoms with Crippen LogP contribution in [0.15, 0.2) is 17.0 Å². The summed E-state index contributed by atoms with van der Waals surface area (Å²) in [7, 11) is 0. The maximum Gasteiger partial charge on any atom is 0.0786 e. The number of nitrogens with two attached hydrogens (primary N) is 1. The molecule has 0 aromatic heterocycles. The zero-order valence-electron chi connectivity index (χ0n) is 8.18. The van der Waals surface area contributed by atoms with Gasteiger partial charge in [-0.2, -0.15) is 0 Å². The van der Waals surface area contributed by atoms with Crippen LogP contribution in [0.25, 0.3) is 0 Å². The van der Waals surface area contributed by atoms with E-state index in [2.05, 4.69) is 13.8 Å². The summed E-state index contributed by atoms with van der Waals surface area (Å²) in [5, 5.41) is 1.09. The predicted octanol–water partition coefficient (Wildman–Crippen LogP) is 4.32. The van der Waals surface area contributed by atoms with Crippen molar-refractivity contribution in [1.82, 2.24) is 0 Å². The van der Waals surface area contributed by atoms with E-state index in [9.17, 15) is 0 Å². The van der Waals surface area contributed by atoms with Crippen LogP contribution in [0.1, 0.15) is 13.8 Å². The van der Waals surface area contributed by atoms with Gasteiger partial charge in [0.1, 0.15) is 0 Å². The number of benzene rings is 1. The van der Waals surface area contributed by atoms with Crippen LogP contribution in [-0.2, 0) is 0 Å². The van der Waals surface area contributed by atoms with Crippen molar-refractivity contribution in [3.8, 4) is 0 Å². The van der Waals surface area contributed by atoms with E-state index in [-0.39, 0.29) is 0 Å². The first kappa shape index (κ1) is 12.0. The van der Waals surface area contributed by atoms with Gasteiger partial charge in [-0.05, 0) is 18.1 Å². The summed E-state index contributed by atoms with van der Waals surface area (Å²) in [6.07, 6.45) is 0. The molecule has 0 radical (unpaired) electrons. The molecule has 0 aliphatic rings. The molecule has 4 heteroatoms. The third kappa shape index (κ3) is 2.97. The first-order valence-electron chi connectivity index (χ1n) is 4.38. The number of rotatable bonds is 3. The van der Waals surface area contributed by atoms with Crippen LogP contribution in [0.4, 0.5) is 5.69 Å². The lowest BCUT2D eigenvalue weighted by Crippen LogP contribution is -1.93. The molecule has 0 saturated carbocycles. The molecule has 78 valence electrons. The number of thioether (sulfide) groups is 1. The van der Waals surface area contributed by atoms with E-state index < -0.39 is 0 Å². The second-order valence-electron chi connectivity index (χ2n) is 3.48. The molecule has 0 atom stereocenters. The van der Waals surface area contributed by atoms with Gasteiger partial charge in [0, 0.05) is 10.6 Å².